The average molecular weight is 110 g/mol. The Kier molecular flexibility index (Phi) is 1.24. The summed E-state index contributed by atoms with van der Waals surface area (Å²) in [5, 5.41) is 3.00. The van der Waals surface area contributed by atoms with Gasteiger partial charge in [-0.3, -0.25) is 0 Å². The Balaban J connectivity index is 2.76. The van der Waals surface area contributed by atoms with Crippen molar-refractivity contribution in [1.29, 1.82) is 0 Å². The third-order valence-corrected chi connectivity index (χ3v) is 1.20. The van der Waals surface area contributed by atoms with Gasteiger partial charge in [0.25, 0.3) is 0 Å². The third-order valence-electron chi connectivity index (χ3n) is 1.20. The van der Waals surface area contributed by atoms with Crippen LogP contribution in [0, 0.1) is 0 Å². The predicted molar refractivity (Wildman–Crippen MR) is 34.0 cm³/mol. The molecule has 0 spiro atoms. The van der Waals surface area contributed by atoms with Crippen LogP contribution in [0.15, 0.2) is 23.5 Å². The lowest BCUT2D eigenvalue weighted by Crippen LogP contribution is -2.23. The van der Waals surface area contributed by atoms with Gasteiger partial charge in [0, 0.05) is 6.54 Å². The molecule has 0 bridgehead atoms. The number of dihydropyridines is 1. The van der Waals surface area contributed by atoms with E-state index in [0.29, 0.717) is 0 Å². The molecule has 8 heavy (non-hydrogen) atoms. The van der Waals surface area contributed by atoms with E-state index in [1.54, 1.807) is 0 Å². The standard InChI is InChI=1S/C6H10N2/c1-5-3-2-4-8-6(5)7/h2-3,8H,4,7H2,1H3. The number of allylic oxidation sites excluding steroid dienone is 2. The van der Waals surface area contributed by atoms with Crippen LogP contribution in [0.3, 0.4) is 0 Å². The van der Waals surface area contributed by atoms with Crippen molar-refractivity contribution in [3.8, 4) is 0 Å². The lowest BCUT2D eigenvalue weighted by molar-refractivity contribution is 0.855. The molecule has 0 amide bonds. The van der Waals surface area contributed by atoms with Crippen LogP contribution < -0.4 is 11.1 Å². The molecule has 2 nitrogen and oxygen atoms in total. The van der Waals surface area contributed by atoms with Gasteiger partial charge >= 0.3 is 0 Å². The minimum atomic E-state index is 0.799. The molecule has 0 atom stereocenters. The Labute approximate surface area is 49.1 Å². The van der Waals surface area contributed by atoms with Crippen molar-refractivity contribution in [2.75, 3.05) is 6.54 Å². The molecule has 1 aliphatic rings. The second-order valence-electron chi connectivity index (χ2n) is 1.88. The van der Waals surface area contributed by atoms with E-state index in [9.17, 15) is 0 Å². The molecule has 0 aromatic heterocycles. The number of rotatable bonds is 0. The topological polar surface area (TPSA) is 38.0 Å². The van der Waals surface area contributed by atoms with Gasteiger partial charge in [-0.15, -0.1) is 0 Å². The molecule has 0 fully saturated rings. The number of nitrogens with one attached hydrogen (secondary N) is 1. The fraction of sp³-hybridized carbons (Fsp3) is 0.333. The average Bonchev–Trinajstić information content (AvgIpc) is 1.77. The zero-order chi connectivity index (χ0) is 5.98. The highest BCUT2D eigenvalue weighted by Crippen LogP contribution is 2.00. The van der Waals surface area contributed by atoms with Gasteiger partial charge < -0.3 is 11.1 Å². The third kappa shape index (κ3) is 0.832. The molecular weight excluding hydrogens is 100 g/mol. The van der Waals surface area contributed by atoms with Crippen LogP contribution >= 0.6 is 0 Å². The molecule has 1 rings (SSSR count). The molecule has 1 aliphatic heterocycles. The normalized spacial score (nSPS) is 18.6. The summed E-state index contributed by atoms with van der Waals surface area (Å²) in [5.41, 5.74) is 6.62. The minimum absolute atomic E-state index is 0.799. The van der Waals surface area contributed by atoms with Gasteiger partial charge in [0.05, 0.1) is 5.82 Å². The highest BCUT2D eigenvalue weighted by molar-refractivity contribution is 5.24. The molecule has 0 aromatic carbocycles. The molecule has 0 radical (unpaired) electrons. The van der Waals surface area contributed by atoms with Gasteiger partial charge in [-0.05, 0) is 12.5 Å². The zero-order valence-electron chi connectivity index (χ0n) is 4.94. The summed E-state index contributed by atoms with van der Waals surface area (Å²) in [6.45, 7) is 2.85. The maximum absolute atomic E-state index is 5.50. The first-order chi connectivity index (χ1) is 3.80. The van der Waals surface area contributed by atoms with E-state index in [1.165, 1.54) is 0 Å². The van der Waals surface area contributed by atoms with Crippen LogP contribution in [-0.4, -0.2) is 6.54 Å². The first-order valence-corrected chi connectivity index (χ1v) is 2.67. The molecule has 0 unspecified atom stereocenters. The fourth-order valence-electron chi connectivity index (χ4n) is 0.634. The zero-order valence-corrected chi connectivity index (χ0v) is 4.94. The van der Waals surface area contributed by atoms with E-state index in [0.717, 1.165) is 17.9 Å². The summed E-state index contributed by atoms with van der Waals surface area (Å²) >= 11 is 0. The first-order valence-electron chi connectivity index (χ1n) is 2.67. The summed E-state index contributed by atoms with van der Waals surface area (Å²) in [4.78, 5) is 0. The quantitative estimate of drug-likeness (QED) is 0.471. The molecule has 0 aromatic rings. The molecule has 2 heteroatoms. The Morgan fingerprint density at radius 2 is 2.50 bits per heavy atom. The largest absolute Gasteiger partial charge is 0.385 e. The van der Waals surface area contributed by atoms with Gasteiger partial charge in [-0.25, -0.2) is 0 Å². The van der Waals surface area contributed by atoms with Crippen LogP contribution in [0.25, 0.3) is 0 Å². The Hall–Kier alpha value is -0.920. The molecule has 3 N–H and O–H groups in total. The predicted octanol–water partition coefficient (Wildman–Crippen LogP) is 0.336. The van der Waals surface area contributed by atoms with E-state index in [2.05, 4.69) is 5.32 Å². The Morgan fingerprint density at radius 3 is 2.88 bits per heavy atom. The van der Waals surface area contributed by atoms with E-state index in [4.69, 9.17) is 5.73 Å². The van der Waals surface area contributed by atoms with Gasteiger partial charge in [0.15, 0.2) is 0 Å². The van der Waals surface area contributed by atoms with Crippen LogP contribution in [0.2, 0.25) is 0 Å². The van der Waals surface area contributed by atoms with Gasteiger partial charge in [-0.1, -0.05) is 12.2 Å². The van der Waals surface area contributed by atoms with Gasteiger partial charge in [0.2, 0.25) is 0 Å². The molecular formula is C6H10N2. The first kappa shape index (κ1) is 5.22. The Bertz CT molecular complexity index is 145. The lowest BCUT2D eigenvalue weighted by atomic mass is 10.2. The van der Waals surface area contributed by atoms with Crippen molar-refractivity contribution < 1.29 is 0 Å². The van der Waals surface area contributed by atoms with Crippen LogP contribution in [0.1, 0.15) is 6.92 Å². The van der Waals surface area contributed by atoms with Gasteiger partial charge in [-0.2, -0.15) is 0 Å². The summed E-state index contributed by atoms with van der Waals surface area (Å²) in [6, 6.07) is 0. The van der Waals surface area contributed by atoms with Crippen LogP contribution in [0.5, 0.6) is 0 Å². The number of hydrogen-bond donors (Lipinski definition) is 2. The molecule has 0 saturated heterocycles. The van der Waals surface area contributed by atoms with E-state index in [-0.39, 0.29) is 0 Å². The number of hydrogen-bond acceptors (Lipinski definition) is 2. The maximum atomic E-state index is 5.50. The smallest absolute Gasteiger partial charge is 0.0992 e. The van der Waals surface area contributed by atoms with Crippen molar-refractivity contribution in [1.82, 2.24) is 5.32 Å². The van der Waals surface area contributed by atoms with E-state index < -0.39 is 0 Å². The fourth-order valence-corrected chi connectivity index (χ4v) is 0.634. The highest BCUT2D eigenvalue weighted by Gasteiger charge is 1.95. The van der Waals surface area contributed by atoms with Gasteiger partial charge in [0.1, 0.15) is 0 Å². The van der Waals surface area contributed by atoms with Crippen molar-refractivity contribution in [3.63, 3.8) is 0 Å². The number of nitrogens with two attached hydrogens (primary N) is 1. The molecule has 0 aliphatic carbocycles. The van der Waals surface area contributed by atoms with Crippen molar-refractivity contribution in [2.45, 2.75) is 6.92 Å². The highest BCUT2D eigenvalue weighted by atomic mass is 15.0. The lowest BCUT2D eigenvalue weighted by Gasteiger charge is -2.09. The Morgan fingerprint density at radius 1 is 1.75 bits per heavy atom. The summed E-state index contributed by atoms with van der Waals surface area (Å²) in [6.07, 6.45) is 4.07. The SMILES string of the molecule is CC1=C(N)NCC=C1. The van der Waals surface area contributed by atoms with Crippen molar-refractivity contribution in [2.24, 2.45) is 5.73 Å². The monoisotopic (exact) mass is 110 g/mol. The summed E-state index contributed by atoms with van der Waals surface area (Å²) in [5.74, 6) is 0.799. The van der Waals surface area contributed by atoms with Crippen LogP contribution in [-0.2, 0) is 0 Å². The van der Waals surface area contributed by atoms with E-state index in [1.807, 2.05) is 19.1 Å². The minimum Gasteiger partial charge on any atom is -0.385 e. The summed E-state index contributed by atoms with van der Waals surface area (Å²) in [7, 11) is 0. The van der Waals surface area contributed by atoms with Crippen molar-refractivity contribution >= 4 is 0 Å². The molecule has 44 valence electrons. The molecule has 0 saturated carbocycles. The summed E-state index contributed by atoms with van der Waals surface area (Å²) < 4.78 is 0. The second kappa shape index (κ2) is 1.90. The second-order valence-corrected chi connectivity index (χ2v) is 1.88. The maximum Gasteiger partial charge on any atom is 0.0992 e. The van der Waals surface area contributed by atoms with Crippen molar-refractivity contribution in [3.05, 3.63) is 23.5 Å². The molecule has 1 heterocycles. The van der Waals surface area contributed by atoms with E-state index >= 15 is 0 Å². The van der Waals surface area contributed by atoms with Crippen LogP contribution in [0.4, 0.5) is 0 Å².